The first-order valence-corrected chi connectivity index (χ1v) is 7.08. The number of nitrogens with zero attached hydrogens (tertiary/aromatic N) is 1. The van der Waals surface area contributed by atoms with E-state index in [1.165, 1.54) is 11.3 Å². The van der Waals surface area contributed by atoms with Gasteiger partial charge < -0.3 is 0 Å². The summed E-state index contributed by atoms with van der Waals surface area (Å²) in [7, 11) is -3.41. The van der Waals surface area contributed by atoms with Crippen LogP contribution >= 0.6 is 11.3 Å². The highest BCUT2D eigenvalue weighted by molar-refractivity contribution is 7.91. The maximum absolute atomic E-state index is 12.0. The summed E-state index contributed by atoms with van der Waals surface area (Å²) in [6, 6.07) is 3.44. The highest BCUT2D eigenvalue weighted by Gasteiger charge is 2.28. The third kappa shape index (κ3) is 2.23. The quantitative estimate of drug-likeness (QED) is 0.800. The van der Waals surface area contributed by atoms with Crippen LogP contribution in [0.4, 0.5) is 0 Å². The molecule has 1 saturated heterocycles. The van der Waals surface area contributed by atoms with Gasteiger partial charge in [0.05, 0.1) is 6.61 Å². The van der Waals surface area contributed by atoms with E-state index < -0.39 is 10.0 Å². The SMILES string of the molecule is Cc1ccc(S(=O)(=O)N2CCCCO2)s1. The third-order valence-electron chi connectivity index (χ3n) is 2.21. The van der Waals surface area contributed by atoms with Crippen molar-refractivity contribution in [2.24, 2.45) is 0 Å². The molecule has 1 aromatic rings. The molecule has 2 heterocycles. The second kappa shape index (κ2) is 4.21. The van der Waals surface area contributed by atoms with E-state index in [1.807, 2.05) is 13.0 Å². The first-order chi connectivity index (χ1) is 7.10. The number of sulfonamides is 1. The number of thiophene rings is 1. The Balaban J connectivity index is 2.26. The molecule has 1 aliphatic rings. The number of rotatable bonds is 2. The summed E-state index contributed by atoms with van der Waals surface area (Å²) in [6.45, 7) is 2.84. The monoisotopic (exact) mass is 247 g/mol. The van der Waals surface area contributed by atoms with E-state index >= 15 is 0 Å². The van der Waals surface area contributed by atoms with Gasteiger partial charge in [0.15, 0.2) is 0 Å². The normalized spacial score (nSPS) is 19.3. The summed E-state index contributed by atoms with van der Waals surface area (Å²) in [5.74, 6) is 0. The molecular weight excluding hydrogens is 234 g/mol. The summed E-state index contributed by atoms with van der Waals surface area (Å²) in [6.07, 6.45) is 1.79. The van der Waals surface area contributed by atoms with Gasteiger partial charge in [-0.1, -0.05) is 4.47 Å². The lowest BCUT2D eigenvalue weighted by Gasteiger charge is -2.24. The molecule has 0 amide bonds. The standard InChI is InChI=1S/C9H13NO3S2/c1-8-4-5-9(14-8)15(11,12)10-6-2-3-7-13-10/h4-5H,2-3,6-7H2,1H3. The fraction of sp³-hybridized carbons (Fsp3) is 0.556. The second-order valence-corrected chi connectivity index (χ2v) is 6.78. The van der Waals surface area contributed by atoms with Crippen LogP contribution in [0.25, 0.3) is 0 Å². The average molecular weight is 247 g/mol. The van der Waals surface area contributed by atoms with Crippen molar-refractivity contribution in [3.63, 3.8) is 0 Å². The Labute approximate surface area is 93.5 Å². The Hall–Kier alpha value is -0.430. The van der Waals surface area contributed by atoms with Gasteiger partial charge in [0.2, 0.25) is 0 Å². The van der Waals surface area contributed by atoms with Crippen LogP contribution in [0.15, 0.2) is 16.3 Å². The van der Waals surface area contributed by atoms with Crippen molar-refractivity contribution in [2.75, 3.05) is 13.2 Å². The van der Waals surface area contributed by atoms with Crippen molar-refractivity contribution in [2.45, 2.75) is 24.0 Å². The van der Waals surface area contributed by atoms with Crippen molar-refractivity contribution >= 4 is 21.4 Å². The maximum Gasteiger partial charge on any atom is 0.274 e. The molecule has 0 saturated carbocycles. The predicted molar refractivity (Wildman–Crippen MR) is 58.1 cm³/mol. The topological polar surface area (TPSA) is 46.6 Å². The van der Waals surface area contributed by atoms with Crippen molar-refractivity contribution in [1.82, 2.24) is 4.47 Å². The average Bonchev–Trinajstić information content (AvgIpc) is 2.67. The van der Waals surface area contributed by atoms with Crippen LogP contribution in [0.5, 0.6) is 0 Å². The van der Waals surface area contributed by atoms with Crippen LogP contribution in [0, 0.1) is 6.92 Å². The van der Waals surface area contributed by atoms with Crippen molar-refractivity contribution < 1.29 is 13.3 Å². The van der Waals surface area contributed by atoms with E-state index in [-0.39, 0.29) is 0 Å². The lowest BCUT2D eigenvalue weighted by atomic mass is 10.3. The Bertz CT molecular complexity index is 432. The molecule has 15 heavy (non-hydrogen) atoms. The van der Waals surface area contributed by atoms with E-state index in [0.717, 1.165) is 22.2 Å². The predicted octanol–water partition coefficient (Wildman–Crippen LogP) is 1.77. The van der Waals surface area contributed by atoms with Crippen molar-refractivity contribution in [3.8, 4) is 0 Å². The van der Waals surface area contributed by atoms with E-state index in [4.69, 9.17) is 4.84 Å². The van der Waals surface area contributed by atoms with Crippen molar-refractivity contribution in [1.29, 1.82) is 0 Å². The minimum atomic E-state index is -3.41. The molecule has 1 aliphatic heterocycles. The van der Waals surface area contributed by atoms with E-state index in [9.17, 15) is 8.42 Å². The van der Waals surface area contributed by atoms with Crippen LogP contribution in [0.3, 0.4) is 0 Å². The summed E-state index contributed by atoms with van der Waals surface area (Å²) >= 11 is 1.28. The van der Waals surface area contributed by atoms with Gasteiger partial charge in [-0.3, -0.25) is 4.84 Å². The zero-order valence-corrected chi connectivity index (χ0v) is 10.1. The molecule has 1 fully saturated rings. The molecule has 6 heteroatoms. The van der Waals surface area contributed by atoms with E-state index in [2.05, 4.69) is 0 Å². The smallest absolute Gasteiger partial charge is 0.274 e. The summed E-state index contributed by atoms with van der Waals surface area (Å²) < 4.78 is 25.5. The first-order valence-electron chi connectivity index (χ1n) is 4.83. The molecule has 4 nitrogen and oxygen atoms in total. The number of hydrogen-bond donors (Lipinski definition) is 0. The highest BCUT2D eigenvalue weighted by Crippen LogP contribution is 2.25. The lowest BCUT2D eigenvalue weighted by Crippen LogP contribution is -2.35. The van der Waals surface area contributed by atoms with Gasteiger partial charge in [0.25, 0.3) is 10.0 Å². The molecule has 2 rings (SSSR count). The van der Waals surface area contributed by atoms with Crippen LogP contribution in [0.1, 0.15) is 17.7 Å². The van der Waals surface area contributed by atoms with Gasteiger partial charge in [-0.15, -0.1) is 11.3 Å². The van der Waals surface area contributed by atoms with E-state index in [0.29, 0.717) is 17.4 Å². The fourth-order valence-electron chi connectivity index (χ4n) is 1.41. The van der Waals surface area contributed by atoms with Gasteiger partial charge in [-0.05, 0) is 31.9 Å². The van der Waals surface area contributed by atoms with Gasteiger partial charge in [0, 0.05) is 11.4 Å². The van der Waals surface area contributed by atoms with Crippen LogP contribution in [-0.4, -0.2) is 26.0 Å². The third-order valence-corrected chi connectivity index (χ3v) is 5.35. The van der Waals surface area contributed by atoms with Gasteiger partial charge in [0.1, 0.15) is 4.21 Å². The molecule has 0 aromatic carbocycles. The van der Waals surface area contributed by atoms with Gasteiger partial charge in [-0.25, -0.2) is 8.42 Å². The van der Waals surface area contributed by atoms with Crippen molar-refractivity contribution in [3.05, 3.63) is 17.0 Å². The molecule has 0 N–H and O–H groups in total. The summed E-state index contributed by atoms with van der Waals surface area (Å²) in [5, 5.41) is 0. The fourth-order valence-corrected chi connectivity index (χ4v) is 4.09. The Morgan fingerprint density at radius 3 is 2.73 bits per heavy atom. The molecule has 0 radical (unpaired) electrons. The molecule has 1 aromatic heterocycles. The second-order valence-electron chi connectivity index (χ2n) is 3.44. The molecule has 0 atom stereocenters. The number of aryl methyl sites for hydroxylation is 1. The Morgan fingerprint density at radius 2 is 2.20 bits per heavy atom. The zero-order chi connectivity index (χ0) is 10.9. The lowest BCUT2D eigenvalue weighted by molar-refractivity contribution is -0.108. The minimum Gasteiger partial charge on any atom is -0.284 e. The molecule has 84 valence electrons. The van der Waals surface area contributed by atoms with Crippen LogP contribution in [-0.2, 0) is 14.9 Å². The molecule has 0 unspecified atom stereocenters. The molecule has 0 bridgehead atoms. The zero-order valence-electron chi connectivity index (χ0n) is 8.47. The first kappa shape index (κ1) is 11.1. The number of hydrogen-bond acceptors (Lipinski definition) is 4. The summed E-state index contributed by atoms with van der Waals surface area (Å²) in [5.41, 5.74) is 0. The van der Waals surface area contributed by atoms with Crippen LogP contribution < -0.4 is 0 Å². The minimum absolute atomic E-state index is 0.363. The van der Waals surface area contributed by atoms with E-state index in [1.54, 1.807) is 6.07 Å². The summed E-state index contributed by atoms with van der Waals surface area (Å²) in [4.78, 5) is 6.15. The molecular formula is C9H13NO3S2. The van der Waals surface area contributed by atoms with Gasteiger partial charge >= 0.3 is 0 Å². The number of hydroxylamine groups is 1. The Kier molecular flexibility index (Phi) is 3.11. The molecule has 0 aliphatic carbocycles. The largest absolute Gasteiger partial charge is 0.284 e. The Morgan fingerprint density at radius 1 is 1.40 bits per heavy atom. The van der Waals surface area contributed by atoms with Crippen LogP contribution in [0.2, 0.25) is 0 Å². The molecule has 0 spiro atoms. The highest BCUT2D eigenvalue weighted by atomic mass is 32.2. The maximum atomic E-state index is 12.0. The van der Waals surface area contributed by atoms with Gasteiger partial charge in [-0.2, -0.15) is 0 Å².